The summed E-state index contributed by atoms with van der Waals surface area (Å²) in [5.41, 5.74) is 4.99. The number of aliphatic hydroxyl groups is 1. The van der Waals surface area contributed by atoms with Crippen LogP contribution in [-0.2, 0) is 18.4 Å². The SMILES string of the molecule is CC(C)(CO)c1cccc(Nc2cc(Nc3ccc4c(c3)CCNC4)ncc2C(=O)NC2CC2)n1. The van der Waals surface area contributed by atoms with Gasteiger partial charge in [0.2, 0.25) is 0 Å². The molecule has 0 atom stereocenters. The Balaban J connectivity index is 1.44. The first-order valence-corrected chi connectivity index (χ1v) is 12.2. The zero-order chi connectivity index (χ0) is 24.4. The van der Waals surface area contributed by atoms with Gasteiger partial charge in [-0.25, -0.2) is 9.97 Å². The van der Waals surface area contributed by atoms with Crippen molar-refractivity contribution in [1.82, 2.24) is 20.6 Å². The summed E-state index contributed by atoms with van der Waals surface area (Å²) in [6.07, 6.45) is 4.62. The first kappa shape index (κ1) is 23.3. The lowest BCUT2D eigenvalue weighted by molar-refractivity contribution is 0.0951. The maximum atomic E-state index is 12.9. The second kappa shape index (κ2) is 9.64. The molecule has 1 saturated carbocycles. The molecule has 3 aromatic rings. The smallest absolute Gasteiger partial charge is 0.255 e. The molecule has 1 aromatic carbocycles. The van der Waals surface area contributed by atoms with Crippen LogP contribution >= 0.6 is 0 Å². The minimum absolute atomic E-state index is 0.0152. The van der Waals surface area contributed by atoms with Crippen LogP contribution in [0, 0.1) is 0 Å². The molecular formula is C27H32N6O2. The Bertz CT molecular complexity index is 1240. The fourth-order valence-electron chi connectivity index (χ4n) is 4.10. The molecule has 2 aromatic heterocycles. The van der Waals surface area contributed by atoms with E-state index in [1.165, 1.54) is 11.1 Å². The van der Waals surface area contributed by atoms with Gasteiger partial charge in [0, 0.05) is 36.0 Å². The van der Waals surface area contributed by atoms with E-state index in [-0.39, 0.29) is 18.6 Å². The molecular weight excluding hydrogens is 440 g/mol. The number of nitrogens with zero attached hydrogens (tertiary/aromatic N) is 2. The van der Waals surface area contributed by atoms with Gasteiger partial charge in [0.05, 0.1) is 23.6 Å². The van der Waals surface area contributed by atoms with Gasteiger partial charge in [0.15, 0.2) is 0 Å². The number of fused-ring (bicyclic) bond motifs is 1. The molecule has 0 spiro atoms. The van der Waals surface area contributed by atoms with Gasteiger partial charge in [-0.2, -0.15) is 0 Å². The Hall–Kier alpha value is -3.49. The van der Waals surface area contributed by atoms with Crippen LogP contribution in [0.5, 0.6) is 0 Å². The summed E-state index contributed by atoms with van der Waals surface area (Å²) in [6.45, 7) is 5.74. The average Bonchev–Trinajstić information content (AvgIpc) is 3.68. The molecule has 0 saturated heterocycles. The molecule has 5 rings (SSSR count). The molecule has 0 radical (unpaired) electrons. The van der Waals surface area contributed by atoms with E-state index in [2.05, 4.69) is 44.5 Å². The topological polar surface area (TPSA) is 111 Å². The van der Waals surface area contributed by atoms with E-state index >= 15 is 0 Å². The fraction of sp³-hybridized carbons (Fsp3) is 0.370. The number of hydrogen-bond acceptors (Lipinski definition) is 7. The van der Waals surface area contributed by atoms with Gasteiger partial charge < -0.3 is 26.4 Å². The summed E-state index contributed by atoms with van der Waals surface area (Å²) in [6, 6.07) is 14.1. The maximum absolute atomic E-state index is 12.9. The molecule has 8 nitrogen and oxygen atoms in total. The minimum atomic E-state index is -0.475. The van der Waals surface area contributed by atoms with Gasteiger partial charge in [0.25, 0.3) is 5.91 Å². The van der Waals surface area contributed by atoms with Crippen molar-refractivity contribution in [2.75, 3.05) is 23.8 Å². The highest BCUT2D eigenvalue weighted by Gasteiger charge is 2.26. The first-order chi connectivity index (χ1) is 16.9. The predicted molar refractivity (Wildman–Crippen MR) is 137 cm³/mol. The van der Waals surface area contributed by atoms with Crippen LogP contribution in [0.3, 0.4) is 0 Å². The number of pyridine rings is 2. The van der Waals surface area contributed by atoms with Crippen molar-refractivity contribution in [2.24, 2.45) is 0 Å². The Morgan fingerprint density at radius 3 is 2.77 bits per heavy atom. The van der Waals surface area contributed by atoms with E-state index in [4.69, 9.17) is 4.98 Å². The lowest BCUT2D eigenvalue weighted by Crippen LogP contribution is -2.26. The molecule has 0 bridgehead atoms. The second-order valence-electron chi connectivity index (χ2n) is 9.97. The second-order valence-corrected chi connectivity index (χ2v) is 9.97. The predicted octanol–water partition coefficient (Wildman–Crippen LogP) is 3.77. The van der Waals surface area contributed by atoms with Gasteiger partial charge >= 0.3 is 0 Å². The number of hydrogen-bond donors (Lipinski definition) is 5. The normalized spacial score (nSPS) is 15.3. The number of nitrogens with one attached hydrogen (secondary N) is 4. The quantitative estimate of drug-likeness (QED) is 0.339. The molecule has 2 aliphatic rings. The molecule has 1 aliphatic carbocycles. The molecule has 3 heterocycles. The Morgan fingerprint density at radius 1 is 1.11 bits per heavy atom. The molecule has 182 valence electrons. The van der Waals surface area contributed by atoms with Gasteiger partial charge in [-0.1, -0.05) is 26.0 Å². The molecule has 5 N–H and O–H groups in total. The number of amides is 1. The largest absolute Gasteiger partial charge is 0.395 e. The summed E-state index contributed by atoms with van der Waals surface area (Å²) in [5, 5.41) is 22.9. The first-order valence-electron chi connectivity index (χ1n) is 12.2. The molecule has 1 aliphatic heterocycles. The van der Waals surface area contributed by atoms with Crippen LogP contribution < -0.4 is 21.3 Å². The lowest BCUT2D eigenvalue weighted by atomic mass is 9.90. The Morgan fingerprint density at radius 2 is 1.97 bits per heavy atom. The van der Waals surface area contributed by atoms with Crippen LogP contribution in [0.15, 0.2) is 48.7 Å². The minimum Gasteiger partial charge on any atom is -0.395 e. The number of carbonyl (C=O) groups is 1. The number of benzene rings is 1. The van der Waals surface area contributed by atoms with Crippen LogP contribution in [0.1, 0.15) is 53.9 Å². The number of carbonyl (C=O) groups excluding carboxylic acids is 1. The third-order valence-corrected chi connectivity index (χ3v) is 6.53. The Kier molecular flexibility index (Phi) is 6.40. The monoisotopic (exact) mass is 472 g/mol. The van der Waals surface area contributed by atoms with Crippen molar-refractivity contribution in [3.63, 3.8) is 0 Å². The van der Waals surface area contributed by atoms with Crippen LogP contribution in [-0.4, -0.2) is 40.2 Å². The van der Waals surface area contributed by atoms with E-state index in [1.54, 1.807) is 6.20 Å². The van der Waals surface area contributed by atoms with Gasteiger partial charge in [-0.05, 0) is 61.2 Å². The number of rotatable bonds is 8. The van der Waals surface area contributed by atoms with Crippen molar-refractivity contribution in [3.05, 3.63) is 71.0 Å². The molecule has 35 heavy (non-hydrogen) atoms. The number of anilines is 4. The highest BCUT2D eigenvalue weighted by Crippen LogP contribution is 2.29. The van der Waals surface area contributed by atoms with E-state index in [9.17, 15) is 9.90 Å². The lowest BCUT2D eigenvalue weighted by Gasteiger charge is -2.22. The Labute approximate surface area is 205 Å². The summed E-state index contributed by atoms with van der Waals surface area (Å²) < 4.78 is 0. The molecule has 0 unspecified atom stereocenters. The third-order valence-electron chi connectivity index (χ3n) is 6.53. The van der Waals surface area contributed by atoms with Gasteiger partial charge in [-0.3, -0.25) is 4.79 Å². The average molecular weight is 473 g/mol. The van der Waals surface area contributed by atoms with E-state index in [1.807, 2.05) is 38.1 Å². The summed E-state index contributed by atoms with van der Waals surface area (Å²) in [4.78, 5) is 22.2. The summed E-state index contributed by atoms with van der Waals surface area (Å²) in [5.74, 6) is 1.08. The molecule has 8 heteroatoms. The van der Waals surface area contributed by atoms with Crippen molar-refractivity contribution in [2.45, 2.75) is 51.1 Å². The van der Waals surface area contributed by atoms with Crippen LogP contribution in [0.2, 0.25) is 0 Å². The van der Waals surface area contributed by atoms with Crippen LogP contribution in [0.4, 0.5) is 23.0 Å². The molecule has 1 amide bonds. The van der Waals surface area contributed by atoms with Crippen molar-refractivity contribution >= 4 is 28.9 Å². The number of aromatic nitrogens is 2. The van der Waals surface area contributed by atoms with Gasteiger partial charge in [0.1, 0.15) is 11.6 Å². The zero-order valence-electron chi connectivity index (χ0n) is 20.2. The van der Waals surface area contributed by atoms with Crippen molar-refractivity contribution < 1.29 is 9.90 Å². The van der Waals surface area contributed by atoms with Crippen molar-refractivity contribution in [1.29, 1.82) is 0 Å². The fourth-order valence-corrected chi connectivity index (χ4v) is 4.10. The standard InChI is InChI=1S/C27H32N6O2/c1-27(2,16-34)23-4-3-5-24(33-23)32-22-13-25(29-15-21(22)26(35)31-19-8-9-19)30-20-7-6-18-14-28-11-10-17(18)12-20/h3-7,12-13,15,19,28,34H,8-11,14,16H2,1-2H3,(H,31,35)(H2,29,30,32,33). The highest BCUT2D eigenvalue weighted by atomic mass is 16.3. The maximum Gasteiger partial charge on any atom is 0.255 e. The van der Waals surface area contributed by atoms with E-state index in [0.29, 0.717) is 22.9 Å². The van der Waals surface area contributed by atoms with Gasteiger partial charge in [-0.15, -0.1) is 0 Å². The van der Waals surface area contributed by atoms with Crippen molar-refractivity contribution in [3.8, 4) is 0 Å². The molecule has 1 fully saturated rings. The van der Waals surface area contributed by atoms with Crippen LogP contribution in [0.25, 0.3) is 0 Å². The summed E-state index contributed by atoms with van der Waals surface area (Å²) >= 11 is 0. The van der Waals surface area contributed by atoms with E-state index < -0.39 is 5.41 Å². The third kappa shape index (κ3) is 5.44. The zero-order valence-corrected chi connectivity index (χ0v) is 20.2. The number of aliphatic hydroxyl groups excluding tert-OH is 1. The summed E-state index contributed by atoms with van der Waals surface area (Å²) in [7, 11) is 0. The van der Waals surface area contributed by atoms with E-state index in [0.717, 1.165) is 43.7 Å². The highest BCUT2D eigenvalue weighted by molar-refractivity contribution is 6.00.